The molecule has 0 spiro atoms. The number of aryl methyl sites for hydroxylation is 4. The number of amides is 2. The van der Waals surface area contributed by atoms with Crippen LogP contribution in [-0.2, 0) is 22.9 Å². The molecule has 1 heterocycles. The number of sulfonamides is 1. The van der Waals surface area contributed by atoms with Gasteiger partial charge in [-0.05, 0) is 80.1 Å². The zero-order valence-electron chi connectivity index (χ0n) is 17.7. The first-order valence-electron chi connectivity index (χ1n) is 10.2. The molecular formula is C23H23N3O4S2. The topological polar surface area (TPSA) is 104 Å². The second kappa shape index (κ2) is 8.76. The maximum absolute atomic E-state index is 12.8. The Morgan fingerprint density at radius 1 is 0.938 bits per heavy atom. The van der Waals surface area contributed by atoms with Gasteiger partial charge in [-0.3, -0.25) is 25.2 Å². The van der Waals surface area contributed by atoms with E-state index >= 15 is 0 Å². The summed E-state index contributed by atoms with van der Waals surface area (Å²) in [7, 11) is -3.82. The molecule has 2 aromatic carbocycles. The molecule has 2 amide bonds. The number of hydrogen-bond donors (Lipinski definition) is 3. The van der Waals surface area contributed by atoms with Crippen LogP contribution in [0.3, 0.4) is 0 Å². The average molecular weight is 470 g/mol. The lowest BCUT2D eigenvalue weighted by Crippen LogP contribution is -2.41. The molecule has 4 rings (SSSR count). The largest absolute Gasteiger partial charge is 0.280 e. The number of rotatable bonds is 5. The Balaban J connectivity index is 1.43. The van der Waals surface area contributed by atoms with Gasteiger partial charge in [0, 0.05) is 16.1 Å². The molecule has 3 aromatic rings. The van der Waals surface area contributed by atoms with Crippen LogP contribution in [0.5, 0.6) is 0 Å². The third-order valence-corrected chi connectivity index (χ3v) is 8.03. The number of fused-ring (bicyclic) bond motifs is 1. The van der Waals surface area contributed by atoms with Gasteiger partial charge in [-0.2, -0.15) is 0 Å². The summed E-state index contributed by atoms with van der Waals surface area (Å²) in [6.07, 6.45) is 3.09. The van der Waals surface area contributed by atoms with Crippen molar-refractivity contribution in [3.8, 4) is 0 Å². The van der Waals surface area contributed by atoms with Gasteiger partial charge < -0.3 is 0 Å². The number of carbonyl (C=O) groups excluding carboxylic acids is 2. The smallest absolute Gasteiger partial charge is 0.279 e. The molecule has 0 unspecified atom stereocenters. The summed E-state index contributed by atoms with van der Waals surface area (Å²) in [6.45, 7) is 3.55. The third-order valence-electron chi connectivity index (χ3n) is 5.27. The quantitative estimate of drug-likeness (QED) is 0.495. The van der Waals surface area contributed by atoms with Gasteiger partial charge in [0.1, 0.15) is 0 Å². The van der Waals surface area contributed by atoms with Crippen molar-refractivity contribution in [2.24, 2.45) is 0 Å². The molecule has 7 nitrogen and oxygen atoms in total. The van der Waals surface area contributed by atoms with E-state index in [9.17, 15) is 18.0 Å². The van der Waals surface area contributed by atoms with Crippen LogP contribution < -0.4 is 15.6 Å². The predicted molar refractivity (Wildman–Crippen MR) is 124 cm³/mol. The van der Waals surface area contributed by atoms with Crippen LogP contribution in [-0.4, -0.2) is 20.2 Å². The molecule has 166 valence electrons. The highest BCUT2D eigenvalue weighted by Crippen LogP contribution is 2.30. The van der Waals surface area contributed by atoms with E-state index in [4.69, 9.17) is 0 Å². The molecule has 9 heteroatoms. The van der Waals surface area contributed by atoms with Gasteiger partial charge in [0.25, 0.3) is 21.8 Å². The van der Waals surface area contributed by atoms with E-state index in [1.165, 1.54) is 33.9 Å². The molecule has 0 atom stereocenters. The van der Waals surface area contributed by atoms with Crippen LogP contribution in [0, 0.1) is 13.8 Å². The van der Waals surface area contributed by atoms with E-state index in [1.54, 1.807) is 31.2 Å². The molecular weight excluding hydrogens is 446 g/mol. The van der Waals surface area contributed by atoms with Crippen LogP contribution in [0.4, 0.5) is 5.69 Å². The first-order chi connectivity index (χ1) is 15.2. The van der Waals surface area contributed by atoms with Crippen LogP contribution >= 0.6 is 11.3 Å². The van der Waals surface area contributed by atoms with Crippen molar-refractivity contribution in [3.05, 3.63) is 80.5 Å². The van der Waals surface area contributed by atoms with Gasteiger partial charge in [-0.15, -0.1) is 11.3 Å². The second-order valence-electron chi connectivity index (χ2n) is 7.78. The van der Waals surface area contributed by atoms with Crippen molar-refractivity contribution in [3.63, 3.8) is 0 Å². The number of hydrogen-bond acceptors (Lipinski definition) is 5. The monoisotopic (exact) mass is 469 g/mol. The molecule has 0 saturated carbocycles. The fourth-order valence-electron chi connectivity index (χ4n) is 3.62. The van der Waals surface area contributed by atoms with Crippen molar-refractivity contribution < 1.29 is 18.0 Å². The number of thiophene rings is 1. The highest BCUT2D eigenvalue weighted by Gasteiger charge is 2.20. The van der Waals surface area contributed by atoms with E-state index in [0.29, 0.717) is 10.4 Å². The van der Waals surface area contributed by atoms with Crippen molar-refractivity contribution >= 4 is 38.9 Å². The van der Waals surface area contributed by atoms with E-state index in [2.05, 4.69) is 15.6 Å². The second-order valence-corrected chi connectivity index (χ2v) is 10.6. The highest BCUT2D eigenvalue weighted by molar-refractivity contribution is 7.92. The Kier molecular flexibility index (Phi) is 6.03. The molecule has 0 radical (unpaired) electrons. The maximum atomic E-state index is 12.8. The third kappa shape index (κ3) is 4.68. The summed E-state index contributed by atoms with van der Waals surface area (Å²) >= 11 is 1.45. The average Bonchev–Trinajstić information content (AvgIpc) is 3.36. The summed E-state index contributed by atoms with van der Waals surface area (Å²) < 4.78 is 28.2. The fourth-order valence-corrected chi connectivity index (χ4v) is 6.15. The number of nitrogens with one attached hydrogen (secondary N) is 3. The van der Waals surface area contributed by atoms with Gasteiger partial charge in [0.2, 0.25) is 0 Å². The molecule has 1 aromatic heterocycles. The number of hydrazine groups is 1. The van der Waals surface area contributed by atoms with Crippen LogP contribution in [0.25, 0.3) is 0 Å². The lowest BCUT2D eigenvalue weighted by molar-refractivity contribution is 0.0849. The number of anilines is 1. The standard InChI is InChI=1S/C23H23N3O4S2/c1-14-9-10-15(2)21(11-14)32(29,30)26-18-7-3-6-17(12-18)22(27)24-25-23(28)20-13-16-5-4-8-19(16)31-20/h3,6-7,9-13,26H,4-5,8H2,1-2H3,(H,24,27)(H,25,28). The summed E-state index contributed by atoms with van der Waals surface area (Å²) in [4.78, 5) is 26.8. The number of benzene rings is 2. The molecule has 1 aliphatic rings. The van der Waals surface area contributed by atoms with Crippen LogP contribution in [0.1, 0.15) is 48.0 Å². The lowest BCUT2D eigenvalue weighted by Gasteiger charge is -2.12. The Morgan fingerprint density at radius 2 is 1.72 bits per heavy atom. The summed E-state index contributed by atoms with van der Waals surface area (Å²) in [6, 6.07) is 13.2. The van der Waals surface area contributed by atoms with Gasteiger partial charge in [0.15, 0.2) is 0 Å². The van der Waals surface area contributed by atoms with Gasteiger partial charge in [-0.25, -0.2) is 8.42 Å². The maximum Gasteiger partial charge on any atom is 0.279 e. The molecule has 32 heavy (non-hydrogen) atoms. The lowest BCUT2D eigenvalue weighted by atomic mass is 10.2. The Hall–Kier alpha value is -3.17. The minimum atomic E-state index is -3.82. The zero-order valence-corrected chi connectivity index (χ0v) is 19.3. The van der Waals surface area contributed by atoms with E-state index in [0.717, 1.165) is 24.8 Å². The van der Waals surface area contributed by atoms with Crippen molar-refractivity contribution in [1.82, 2.24) is 10.9 Å². The normalized spacial score (nSPS) is 12.8. The molecule has 0 fully saturated rings. The minimum Gasteiger partial charge on any atom is -0.280 e. The molecule has 1 aliphatic carbocycles. The molecule has 3 N–H and O–H groups in total. The first kappa shape index (κ1) is 22.0. The highest BCUT2D eigenvalue weighted by atomic mass is 32.2. The van der Waals surface area contributed by atoms with Crippen molar-refractivity contribution in [1.29, 1.82) is 0 Å². The Bertz CT molecular complexity index is 1290. The SMILES string of the molecule is Cc1ccc(C)c(S(=O)(=O)Nc2cccc(C(=O)NNC(=O)c3cc4c(s3)CCC4)c2)c1. The zero-order chi connectivity index (χ0) is 22.9. The van der Waals surface area contributed by atoms with Gasteiger partial charge in [-0.1, -0.05) is 18.2 Å². The van der Waals surface area contributed by atoms with Crippen LogP contribution in [0.2, 0.25) is 0 Å². The Labute approximate surface area is 190 Å². The van der Waals surface area contributed by atoms with Crippen molar-refractivity contribution in [2.45, 2.75) is 38.0 Å². The van der Waals surface area contributed by atoms with Crippen molar-refractivity contribution in [2.75, 3.05) is 4.72 Å². The van der Waals surface area contributed by atoms with Gasteiger partial charge >= 0.3 is 0 Å². The molecule has 0 aliphatic heterocycles. The summed E-state index contributed by atoms with van der Waals surface area (Å²) in [5.74, 6) is -0.917. The van der Waals surface area contributed by atoms with E-state index in [1.807, 2.05) is 19.1 Å². The predicted octanol–water partition coefficient (Wildman–Crippen LogP) is 3.73. The van der Waals surface area contributed by atoms with E-state index < -0.39 is 15.9 Å². The molecule has 0 bridgehead atoms. The van der Waals surface area contributed by atoms with Gasteiger partial charge in [0.05, 0.1) is 9.77 Å². The Morgan fingerprint density at radius 3 is 2.50 bits per heavy atom. The van der Waals surface area contributed by atoms with E-state index in [-0.39, 0.29) is 22.1 Å². The first-order valence-corrected chi connectivity index (χ1v) is 12.5. The summed E-state index contributed by atoms with van der Waals surface area (Å²) in [5, 5.41) is 0. The summed E-state index contributed by atoms with van der Waals surface area (Å²) in [5.41, 5.74) is 7.93. The number of carbonyl (C=O) groups is 2. The molecule has 0 saturated heterocycles. The van der Waals surface area contributed by atoms with Crippen LogP contribution in [0.15, 0.2) is 53.4 Å². The fraction of sp³-hybridized carbons (Fsp3) is 0.217. The minimum absolute atomic E-state index is 0.183.